The Morgan fingerprint density at radius 2 is 1.45 bits per heavy atom. The number of hydrogen-bond donors (Lipinski definition) is 13. The third-order valence-electron chi connectivity index (χ3n) is 15.2. The number of ether oxygens (including phenoxy) is 4. The fourth-order valence-corrected chi connectivity index (χ4v) is 12.6. The Balaban J connectivity index is 1.10. The zero-order chi connectivity index (χ0) is 71.9. The van der Waals surface area contributed by atoms with Crippen LogP contribution in [0.1, 0.15) is 73.0 Å². The number of aromatic nitrogens is 3. The zero-order valence-electron chi connectivity index (χ0n) is 55.6. The van der Waals surface area contributed by atoms with E-state index in [2.05, 4.69) is 41.3 Å². The first-order valence-corrected chi connectivity index (χ1v) is 34.5. The number of amides is 3. The average Bonchev–Trinajstić information content (AvgIpc) is 1.22. The number of H-pyrrole nitrogens is 1. The van der Waals surface area contributed by atoms with Crippen LogP contribution in [0, 0.1) is 13.8 Å². The van der Waals surface area contributed by atoms with E-state index < -0.39 is 118 Å². The summed E-state index contributed by atoms with van der Waals surface area (Å²) in [4.78, 5) is 110. The molecule has 4 aromatic rings. The number of anilines is 1. The van der Waals surface area contributed by atoms with Crippen LogP contribution in [0.4, 0.5) is 5.95 Å². The molecular weight excluding hydrogens is 1320 g/mol. The molecule has 13 N–H and O–H groups in total. The molecule has 36 heteroatoms. The van der Waals surface area contributed by atoms with E-state index in [4.69, 9.17) is 18.9 Å². The lowest BCUT2D eigenvalue weighted by molar-refractivity contribution is -0.894. The van der Waals surface area contributed by atoms with Crippen LogP contribution >= 0.6 is 0 Å². The van der Waals surface area contributed by atoms with Gasteiger partial charge < -0.3 is 85.1 Å². The molecule has 2 aromatic heterocycles. The molecule has 2 heterocycles. The topological polar surface area (TPSA) is 475 Å². The first-order valence-electron chi connectivity index (χ1n) is 31.4. The van der Waals surface area contributed by atoms with Crippen LogP contribution in [0.5, 0.6) is 5.75 Å². The minimum Gasteiger partial charge on any atom is -0.494 e. The van der Waals surface area contributed by atoms with Crippen LogP contribution in [0.15, 0.2) is 58.6 Å². The highest BCUT2D eigenvalue weighted by molar-refractivity contribution is 7.89. The van der Waals surface area contributed by atoms with Gasteiger partial charge in [-0.2, -0.15) is 13.1 Å². The molecule has 0 fully saturated rings. The number of ketones is 1. The van der Waals surface area contributed by atoms with Crippen LogP contribution in [-0.2, 0) is 76.7 Å². The number of quaternary nitrogens is 1. The number of benzene rings is 2. The molecule has 4 atom stereocenters. The van der Waals surface area contributed by atoms with Gasteiger partial charge in [-0.05, 0) is 94.3 Å². The normalized spacial score (nSPS) is 13.5. The Morgan fingerprint density at radius 3 is 2.03 bits per heavy atom. The molecule has 0 bridgehead atoms. The molecule has 34 nitrogen and oxygen atoms in total. The summed E-state index contributed by atoms with van der Waals surface area (Å²) >= 11 is 0. The van der Waals surface area contributed by atoms with Gasteiger partial charge in [-0.15, -0.1) is 0 Å². The van der Waals surface area contributed by atoms with Gasteiger partial charge >= 0.3 is 17.9 Å². The molecule has 2 unspecified atom stereocenters. The van der Waals surface area contributed by atoms with Gasteiger partial charge in [-0.3, -0.25) is 47.9 Å². The van der Waals surface area contributed by atoms with Crippen LogP contribution in [-0.4, -0.2) is 279 Å². The number of carboxylic acid groups (broad SMARTS) is 3. The van der Waals surface area contributed by atoms with Gasteiger partial charge in [0.05, 0.1) is 76.1 Å². The summed E-state index contributed by atoms with van der Waals surface area (Å²) in [6.45, 7) is 6.07. The minimum atomic E-state index is -4.73. The summed E-state index contributed by atoms with van der Waals surface area (Å²) in [5, 5.41) is 62.7. The smallest absolute Gasteiger partial charge is 0.359 e. The fraction of sp³-hybridized carbons (Fsp3) is 0.590. The molecule has 0 aliphatic heterocycles. The lowest BCUT2D eigenvalue weighted by Gasteiger charge is -2.35. The number of imidazole rings is 1. The van der Waals surface area contributed by atoms with Gasteiger partial charge in [0.2, 0.25) is 33.0 Å². The first kappa shape index (κ1) is 81.8. The van der Waals surface area contributed by atoms with Crippen LogP contribution in [0.2, 0.25) is 0 Å². The Bertz CT molecular complexity index is 3500. The molecule has 3 amide bonds. The number of fused-ring (bicyclic) bond motifs is 1. The molecule has 0 radical (unpaired) electrons. The third kappa shape index (κ3) is 30.0. The molecule has 0 saturated carbocycles. The number of aromatic amines is 1. The number of rotatable bonds is 51. The highest BCUT2D eigenvalue weighted by Crippen LogP contribution is 2.27. The third-order valence-corrected chi connectivity index (χ3v) is 17.7. The largest absolute Gasteiger partial charge is 0.494 e. The van der Waals surface area contributed by atoms with Crippen molar-refractivity contribution in [2.45, 2.75) is 95.4 Å². The predicted molar refractivity (Wildman–Crippen MR) is 353 cm³/mol. The minimum absolute atomic E-state index is 0.00142. The molecular formula is C61H95N12O22S2+. The lowest BCUT2D eigenvalue weighted by atomic mass is 10.1. The Labute approximate surface area is 563 Å². The molecule has 97 heavy (non-hydrogen) atoms. The summed E-state index contributed by atoms with van der Waals surface area (Å²) in [6, 6.07) is 3.62. The van der Waals surface area contributed by atoms with Crippen LogP contribution < -0.4 is 41.5 Å². The predicted octanol–water partition coefficient (Wildman–Crippen LogP) is -1.38. The number of sulfonamides is 1. The Hall–Kier alpha value is -7.59. The molecule has 0 saturated heterocycles. The van der Waals surface area contributed by atoms with E-state index >= 15 is 0 Å². The van der Waals surface area contributed by atoms with Crippen molar-refractivity contribution in [1.82, 2.24) is 50.3 Å². The summed E-state index contributed by atoms with van der Waals surface area (Å²) in [6.07, 6.45) is 6.00. The van der Waals surface area contributed by atoms with Crippen molar-refractivity contribution in [2.24, 2.45) is 7.05 Å². The first-order chi connectivity index (χ1) is 45.8. The van der Waals surface area contributed by atoms with Gasteiger partial charge in [0.1, 0.15) is 36.5 Å². The maximum atomic E-state index is 13.7. The molecule has 0 spiro atoms. The Kier molecular flexibility index (Phi) is 34.6. The number of Topliss-reactive ketones (excluding diaryl/α,β-unsaturated/α-hetero) is 1. The van der Waals surface area contributed by atoms with Crippen LogP contribution in [0.3, 0.4) is 0 Å². The number of aliphatic hydroxyl groups excluding tert-OH is 2. The molecule has 0 aliphatic carbocycles. The average molecular weight is 1410 g/mol. The molecule has 4 rings (SSSR count). The van der Waals surface area contributed by atoms with E-state index in [9.17, 15) is 85.3 Å². The van der Waals surface area contributed by atoms with Gasteiger partial charge in [0.25, 0.3) is 16.0 Å². The van der Waals surface area contributed by atoms with E-state index in [1.165, 1.54) is 44.1 Å². The Morgan fingerprint density at radius 1 is 0.804 bits per heavy atom. The number of aliphatic carboxylic acids is 3. The molecule has 542 valence electrons. The number of carboxylic acids is 3. The molecule has 0 aliphatic rings. The SMILES string of the molecule is Cc1cc(OCCCC(=O)NCCCOCCOCCOCCCNC(=O)[C@H](CS(=O)(=O)O)NC(CCN(CO)CC[N+](C)(CC(=O)O)CC(=O)CO)CN(CC(=O)O)C(C)C)cc(C)c1S(=O)(=O)N[C@@H](CNC(=O)c1cn(C)c2cc(CNc3ncc[nH]3)ccc2c1=O)C(=O)O. The zero-order valence-corrected chi connectivity index (χ0v) is 57.2. The van der Waals surface area contributed by atoms with Crippen molar-refractivity contribution in [3.05, 3.63) is 81.4 Å². The maximum Gasteiger partial charge on any atom is 0.359 e. The molecule has 2 aromatic carbocycles. The van der Waals surface area contributed by atoms with Crippen LogP contribution in [0.25, 0.3) is 10.9 Å². The quantitative estimate of drug-likeness (QED) is 0.0105. The maximum absolute atomic E-state index is 13.7. The van der Waals surface area contributed by atoms with Gasteiger partial charge in [0, 0.05) is 109 Å². The number of carbonyl (C=O) groups excluding carboxylic acids is 4. The lowest BCUT2D eigenvalue weighted by Crippen LogP contribution is -2.56. The number of nitrogens with zero attached hydrogens (tertiary/aromatic N) is 5. The van der Waals surface area contributed by atoms with Crippen molar-refractivity contribution < 1.29 is 104 Å². The number of carbonyl (C=O) groups is 7. The highest BCUT2D eigenvalue weighted by atomic mass is 32.2. The number of nitrogens with one attached hydrogen (secondary N) is 7. The summed E-state index contributed by atoms with van der Waals surface area (Å²) in [5.41, 5.74) is 0.993. The van der Waals surface area contributed by atoms with E-state index in [-0.39, 0.29) is 135 Å². The van der Waals surface area contributed by atoms with Gasteiger partial charge in [-0.25, -0.2) is 18.2 Å². The standard InChI is InChI=1S/C61H94N12O22S2/c1-41(2)72(35-54(78)79)33-45(13-18-71(40-75)19-20-73(6,37-55(80)81)36-46(76)38-74)68-51(39-96(87,88)89)59(84)63-15-9-22-93-25-27-94-26-24-92-21-8-14-62-53(77)10-7-23-95-47-28-42(3)57(43(4)29-47)97(90,91)69-50(60(85)86)32-66-58(83)49-34-70(5)52-30-44(11-12-48(52)56(49)82)31-67-61-64-16-17-65-61/h11-12,16-17,28-30,34,41,45,50-51,68-69,74-75H,7-10,13-15,18-27,31-33,35-40H2,1-6H3,(H8-,62,63,64,65,66,67,77,78,79,80,81,83,84,85,86,87,88,89)/p+1/t45?,50-,51-,73?/m0/s1. The van der Waals surface area contributed by atoms with Gasteiger partial charge in [-0.1, -0.05) is 6.07 Å². The second-order valence-electron chi connectivity index (χ2n) is 23.8. The van der Waals surface area contributed by atoms with E-state index in [0.29, 0.717) is 56.2 Å². The number of likely N-dealkylation sites (N-methyl/N-ethyl adjacent to an activating group) is 1. The number of aliphatic hydroxyl groups is 2. The van der Waals surface area contributed by atoms with Crippen molar-refractivity contribution in [3.8, 4) is 5.75 Å². The summed E-state index contributed by atoms with van der Waals surface area (Å²) in [5.74, 6) is -6.50. The van der Waals surface area contributed by atoms with E-state index in [1.54, 1.807) is 61.0 Å². The summed E-state index contributed by atoms with van der Waals surface area (Å²) in [7, 11) is -6.05. The monoisotopic (exact) mass is 1410 g/mol. The summed E-state index contributed by atoms with van der Waals surface area (Å²) < 4.78 is 87.4. The highest BCUT2D eigenvalue weighted by Gasteiger charge is 2.33. The van der Waals surface area contributed by atoms with E-state index in [0.717, 1.165) is 5.56 Å². The van der Waals surface area contributed by atoms with Crippen molar-refractivity contribution in [3.63, 3.8) is 0 Å². The second-order valence-corrected chi connectivity index (χ2v) is 26.9. The van der Waals surface area contributed by atoms with Crippen molar-refractivity contribution >= 4 is 78.4 Å². The van der Waals surface area contributed by atoms with Crippen molar-refractivity contribution in [1.29, 1.82) is 0 Å². The number of pyridine rings is 1. The van der Waals surface area contributed by atoms with Gasteiger partial charge in [0.15, 0.2) is 12.5 Å². The second kappa shape index (κ2) is 41.0. The fourth-order valence-electron chi connectivity index (χ4n) is 10.3. The van der Waals surface area contributed by atoms with Crippen molar-refractivity contribution in [2.75, 3.05) is 143 Å². The number of aryl methyl sites for hydroxylation is 3. The van der Waals surface area contributed by atoms with E-state index in [1.807, 2.05) is 0 Å². The number of hydrogen-bond acceptors (Lipinski definition) is 23.